The Bertz CT molecular complexity index is 1240. The van der Waals surface area contributed by atoms with E-state index in [1.54, 1.807) is 13.0 Å². The zero-order chi connectivity index (χ0) is 23.7. The van der Waals surface area contributed by atoms with E-state index in [4.69, 9.17) is 16.7 Å². The molecular formula is C20H25ClN4O5S2. The third-order valence-electron chi connectivity index (χ3n) is 5.49. The van der Waals surface area contributed by atoms with Crippen LogP contribution in [0.1, 0.15) is 49.3 Å². The van der Waals surface area contributed by atoms with Crippen molar-refractivity contribution >= 4 is 43.2 Å². The smallest absolute Gasteiger partial charge is 0.259 e. The number of nitrogens with two attached hydrogens (primary N) is 1. The lowest BCUT2D eigenvalue weighted by atomic mass is 9.87. The molecule has 0 bridgehead atoms. The van der Waals surface area contributed by atoms with E-state index in [2.05, 4.69) is 15.3 Å². The van der Waals surface area contributed by atoms with Crippen LogP contribution in [-0.2, 0) is 24.7 Å². The first-order valence-electron chi connectivity index (χ1n) is 10.0. The van der Waals surface area contributed by atoms with E-state index >= 15 is 0 Å². The first kappa shape index (κ1) is 24.6. The molecule has 1 heterocycles. The van der Waals surface area contributed by atoms with E-state index in [0.29, 0.717) is 23.6 Å². The third kappa shape index (κ3) is 5.83. The van der Waals surface area contributed by atoms with Crippen molar-refractivity contribution in [3.05, 3.63) is 40.7 Å². The lowest BCUT2D eigenvalue weighted by Crippen LogP contribution is -2.26. The lowest BCUT2D eigenvalue weighted by molar-refractivity contribution is -0.118. The van der Waals surface area contributed by atoms with E-state index in [-0.39, 0.29) is 15.7 Å². The van der Waals surface area contributed by atoms with Crippen LogP contribution in [0.5, 0.6) is 0 Å². The van der Waals surface area contributed by atoms with Gasteiger partial charge in [0, 0.05) is 6.26 Å². The molecule has 0 spiro atoms. The number of primary sulfonamides is 1. The Kier molecular flexibility index (Phi) is 7.23. The molecule has 0 radical (unpaired) electrons. The number of aromatic nitrogens is 2. The highest BCUT2D eigenvalue weighted by molar-refractivity contribution is 7.90. The van der Waals surface area contributed by atoms with Crippen LogP contribution in [-0.4, -0.2) is 39.0 Å². The van der Waals surface area contributed by atoms with Crippen LogP contribution in [0.2, 0.25) is 5.02 Å². The van der Waals surface area contributed by atoms with E-state index in [9.17, 15) is 21.6 Å². The summed E-state index contributed by atoms with van der Waals surface area (Å²) >= 11 is 6.21. The summed E-state index contributed by atoms with van der Waals surface area (Å²) in [6.07, 6.45) is 6.99. The fourth-order valence-electron chi connectivity index (χ4n) is 3.95. The summed E-state index contributed by atoms with van der Waals surface area (Å²) in [5, 5.41) is 7.30. The molecule has 1 aromatic heterocycles. The van der Waals surface area contributed by atoms with Gasteiger partial charge in [-0.25, -0.2) is 31.9 Å². The van der Waals surface area contributed by atoms with Gasteiger partial charge in [0.25, 0.3) is 10.0 Å². The Morgan fingerprint density at radius 2 is 1.91 bits per heavy atom. The number of rotatable bonds is 7. The van der Waals surface area contributed by atoms with Crippen LogP contribution in [0.25, 0.3) is 0 Å². The number of carbonyl (C=O) groups is 1. The van der Waals surface area contributed by atoms with Crippen LogP contribution in [0, 0.1) is 12.8 Å². The SMILES string of the molecule is Cc1cnc(NC(=O)[C@H](CC2CCCC2)c2ccc(S(C)(=O)=O)c(Cl)c2)c(S(N)(=O)=O)n1. The van der Waals surface area contributed by atoms with E-state index in [0.717, 1.165) is 31.9 Å². The van der Waals surface area contributed by atoms with Gasteiger partial charge in [-0.15, -0.1) is 0 Å². The molecule has 1 atom stereocenters. The van der Waals surface area contributed by atoms with Crippen molar-refractivity contribution < 1.29 is 21.6 Å². The standard InChI is InChI=1S/C20H25ClN4O5S2/c1-12-11-23-18(20(24-12)32(22,29)30)25-19(26)15(9-13-5-3-4-6-13)14-7-8-17(16(21)10-14)31(2,27)28/h7-8,10-11,13,15H,3-6,9H2,1-2H3,(H2,22,29,30)(H,23,25,26)/t15-/m1/s1. The third-order valence-corrected chi connectivity index (χ3v) is 7.89. The maximum atomic E-state index is 13.3. The number of sulfonamides is 1. The van der Waals surface area contributed by atoms with Crippen LogP contribution in [0.3, 0.4) is 0 Å². The van der Waals surface area contributed by atoms with Gasteiger partial charge >= 0.3 is 0 Å². The number of benzene rings is 1. The quantitative estimate of drug-likeness (QED) is 0.593. The second-order valence-electron chi connectivity index (χ2n) is 8.10. The molecule has 0 aliphatic heterocycles. The number of halogens is 1. The predicted octanol–water partition coefficient (Wildman–Crippen LogP) is 2.79. The molecule has 12 heteroatoms. The zero-order valence-electron chi connectivity index (χ0n) is 17.7. The molecule has 1 aliphatic rings. The van der Waals surface area contributed by atoms with Crippen molar-refractivity contribution in [2.24, 2.45) is 11.1 Å². The predicted molar refractivity (Wildman–Crippen MR) is 121 cm³/mol. The minimum absolute atomic E-state index is 0.0228. The number of nitrogens with zero attached hydrogens (tertiary/aromatic N) is 2. The summed E-state index contributed by atoms with van der Waals surface area (Å²) in [5.74, 6) is -1.14. The molecule has 1 saturated carbocycles. The lowest BCUT2D eigenvalue weighted by Gasteiger charge is -2.21. The monoisotopic (exact) mass is 500 g/mol. The number of anilines is 1. The maximum absolute atomic E-state index is 13.3. The summed E-state index contributed by atoms with van der Waals surface area (Å²) in [6, 6.07) is 4.41. The van der Waals surface area contributed by atoms with Crippen molar-refractivity contribution in [1.29, 1.82) is 0 Å². The summed E-state index contributed by atoms with van der Waals surface area (Å²) in [5.41, 5.74) is 0.863. The molecule has 3 N–H and O–H groups in total. The first-order valence-corrected chi connectivity index (χ1v) is 13.8. The van der Waals surface area contributed by atoms with Gasteiger partial charge in [0.15, 0.2) is 15.7 Å². The van der Waals surface area contributed by atoms with Crippen molar-refractivity contribution in [3.63, 3.8) is 0 Å². The fraction of sp³-hybridized carbons (Fsp3) is 0.450. The molecule has 32 heavy (non-hydrogen) atoms. The van der Waals surface area contributed by atoms with Crippen LogP contribution in [0.4, 0.5) is 5.82 Å². The van der Waals surface area contributed by atoms with Crippen LogP contribution >= 0.6 is 11.6 Å². The maximum Gasteiger partial charge on any atom is 0.259 e. The second-order valence-corrected chi connectivity index (χ2v) is 12.0. The van der Waals surface area contributed by atoms with Gasteiger partial charge in [0.1, 0.15) is 0 Å². The Morgan fingerprint density at radius 3 is 2.47 bits per heavy atom. The number of hydrogen-bond acceptors (Lipinski definition) is 7. The number of nitrogens with one attached hydrogen (secondary N) is 1. The first-order chi connectivity index (χ1) is 14.9. The van der Waals surface area contributed by atoms with Gasteiger partial charge in [-0.2, -0.15) is 0 Å². The van der Waals surface area contributed by atoms with E-state index in [1.807, 2.05) is 0 Å². The Hall–Kier alpha value is -2.08. The normalized spacial score (nSPS) is 16.1. The Morgan fingerprint density at radius 1 is 1.25 bits per heavy atom. The fourth-order valence-corrected chi connectivity index (χ4v) is 5.93. The average Bonchev–Trinajstić information content (AvgIpc) is 3.18. The number of aryl methyl sites for hydroxylation is 1. The number of amides is 1. The van der Waals surface area contributed by atoms with Crippen molar-refractivity contribution in [2.75, 3.05) is 11.6 Å². The van der Waals surface area contributed by atoms with Gasteiger partial charge in [-0.1, -0.05) is 43.4 Å². The molecule has 9 nitrogen and oxygen atoms in total. The number of carbonyl (C=O) groups excluding carboxylic acids is 1. The van der Waals surface area contributed by atoms with Crippen molar-refractivity contribution in [1.82, 2.24) is 9.97 Å². The topological polar surface area (TPSA) is 149 Å². The summed E-state index contributed by atoms with van der Waals surface area (Å²) in [4.78, 5) is 21.2. The van der Waals surface area contributed by atoms with Gasteiger partial charge in [0.05, 0.1) is 27.7 Å². The minimum Gasteiger partial charge on any atom is -0.308 e. The van der Waals surface area contributed by atoms with Crippen LogP contribution in [0.15, 0.2) is 34.3 Å². The highest BCUT2D eigenvalue weighted by Crippen LogP contribution is 2.36. The van der Waals surface area contributed by atoms with Gasteiger partial charge < -0.3 is 5.32 Å². The Balaban J connectivity index is 1.98. The van der Waals surface area contributed by atoms with Gasteiger partial charge in [0.2, 0.25) is 10.9 Å². The molecule has 3 rings (SSSR count). The number of sulfone groups is 1. The highest BCUT2D eigenvalue weighted by Gasteiger charge is 2.29. The van der Waals surface area contributed by atoms with Gasteiger partial charge in [-0.05, 0) is 37.0 Å². The summed E-state index contributed by atoms with van der Waals surface area (Å²) < 4.78 is 47.7. The molecule has 1 aliphatic carbocycles. The molecule has 174 valence electrons. The van der Waals surface area contributed by atoms with Crippen molar-refractivity contribution in [2.45, 2.75) is 54.9 Å². The zero-order valence-corrected chi connectivity index (χ0v) is 20.1. The van der Waals surface area contributed by atoms with Crippen LogP contribution < -0.4 is 10.5 Å². The average molecular weight is 501 g/mol. The molecule has 1 amide bonds. The Labute approximate surface area is 192 Å². The molecule has 1 fully saturated rings. The largest absolute Gasteiger partial charge is 0.308 e. The van der Waals surface area contributed by atoms with Gasteiger partial charge in [-0.3, -0.25) is 4.79 Å². The second kappa shape index (κ2) is 9.42. The van der Waals surface area contributed by atoms with E-state index < -0.39 is 36.7 Å². The molecule has 0 unspecified atom stereocenters. The summed E-state index contributed by atoms with van der Waals surface area (Å²) in [6.45, 7) is 1.56. The minimum atomic E-state index is -4.22. The molecule has 1 aromatic carbocycles. The molecular weight excluding hydrogens is 476 g/mol. The molecule has 2 aromatic rings. The number of hydrogen-bond donors (Lipinski definition) is 2. The van der Waals surface area contributed by atoms with E-state index in [1.165, 1.54) is 18.3 Å². The molecule has 0 saturated heterocycles. The highest BCUT2D eigenvalue weighted by atomic mass is 35.5. The summed E-state index contributed by atoms with van der Waals surface area (Å²) in [7, 11) is -7.74. The van der Waals surface area contributed by atoms with Crippen molar-refractivity contribution in [3.8, 4) is 0 Å².